The number of benzene rings is 1. The van der Waals surface area contributed by atoms with E-state index in [2.05, 4.69) is 0 Å². The molecule has 0 bridgehead atoms. The lowest BCUT2D eigenvalue weighted by Gasteiger charge is -2.20. The van der Waals surface area contributed by atoms with Crippen molar-refractivity contribution >= 4 is 11.6 Å². The van der Waals surface area contributed by atoms with Gasteiger partial charge in [-0.05, 0) is 6.07 Å². The van der Waals surface area contributed by atoms with Gasteiger partial charge in [-0.15, -0.1) is 11.6 Å². The molecule has 1 aliphatic heterocycles. The summed E-state index contributed by atoms with van der Waals surface area (Å²) in [5.41, 5.74) is 1.27. The Bertz CT molecular complexity index is 328. The van der Waals surface area contributed by atoms with Crippen molar-refractivity contribution in [2.24, 2.45) is 0 Å². The van der Waals surface area contributed by atoms with Crippen molar-refractivity contribution in [1.29, 1.82) is 0 Å². The zero-order chi connectivity index (χ0) is 9.26. The highest BCUT2D eigenvalue weighted by molar-refractivity contribution is 6.17. The molecule has 0 spiro atoms. The topological polar surface area (TPSA) is 18.5 Å². The number of hydrogen-bond acceptors (Lipinski definition) is 2. The highest BCUT2D eigenvalue weighted by atomic mass is 35.5. The van der Waals surface area contributed by atoms with Gasteiger partial charge in [-0.25, -0.2) is 4.39 Å². The number of rotatable bonds is 1. The molecule has 0 aromatic heterocycles. The van der Waals surface area contributed by atoms with Gasteiger partial charge in [0.25, 0.3) is 0 Å². The first kappa shape index (κ1) is 8.78. The molecule has 2 rings (SSSR count). The molecule has 13 heavy (non-hydrogen) atoms. The van der Waals surface area contributed by atoms with Gasteiger partial charge in [-0.3, -0.25) is 0 Å². The standard InChI is InChI=1S/C9H8ClFO2/c10-3-7-8(11)2-1-6-4-12-5-13-9(6)7/h1-2H,3-5H2. The van der Waals surface area contributed by atoms with Crippen LogP contribution in [0.3, 0.4) is 0 Å². The molecule has 1 heterocycles. The maximum atomic E-state index is 13.2. The Labute approximate surface area is 80.2 Å². The van der Waals surface area contributed by atoms with Gasteiger partial charge in [0.05, 0.1) is 12.5 Å². The first-order valence-electron chi connectivity index (χ1n) is 3.89. The smallest absolute Gasteiger partial charge is 0.189 e. The van der Waals surface area contributed by atoms with Gasteiger partial charge >= 0.3 is 0 Å². The summed E-state index contributed by atoms with van der Waals surface area (Å²) in [4.78, 5) is 0. The molecule has 0 N–H and O–H groups in total. The lowest BCUT2D eigenvalue weighted by atomic mass is 10.1. The summed E-state index contributed by atoms with van der Waals surface area (Å²) >= 11 is 5.61. The SMILES string of the molecule is Fc1ccc2c(c1CCl)OCOC2. The summed E-state index contributed by atoms with van der Waals surface area (Å²) in [5, 5.41) is 0. The summed E-state index contributed by atoms with van der Waals surface area (Å²) in [5.74, 6) is 0.339. The molecule has 1 aromatic carbocycles. The van der Waals surface area contributed by atoms with Gasteiger partial charge in [-0.2, -0.15) is 0 Å². The fraction of sp³-hybridized carbons (Fsp3) is 0.333. The second kappa shape index (κ2) is 3.52. The van der Waals surface area contributed by atoms with Crippen LogP contribution in [0.5, 0.6) is 5.75 Å². The fourth-order valence-corrected chi connectivity index (χ4v) is 1.57. The van der Waals surface area contributed by atoms with Gasteiger partial charge in [0.1, 0.15) is 11.6 Å². The van der Waals surface area contributed by atoms with E-state index in [4.69, 9.17) is 21.1 Å². The van der Waals surface area contributed by atoms with Crippen LogP contribution in [-0.4, -0.2) is 6.79 Å². The van der Waals surface area contributed by atoms with Crippen molar-refractivity contribution in [2.75, 3.05) is 6.79 Å². The molecule has 0 saturated carbocycles. The van der Waals surface area contributed by atoms with E-state index in [0.29, 0.717) is 17.9 Å². The molecule has 2 nitrogen and oxygen atoms in total. The van der Waals surface area contributed by atoms with Gasteiger partial charge < -0.3 is 9.47 Å². The van der Waals surface area contributed by atoms with Gasteiger partial charge in [0.2, 0.25) is 0 Å². The summed E-state index contributed by atoms with van der Waals surface area (Å²) in [6.45, 7) is 0.625. The van der Waals surface area contributed by atoms with Crippen molar-refractivity contribution in [3.8, 4) is 5.75 Å². The van der Waals surface area contributed by atoms with Gasteiger partial charge in [-0.1, -0.05) is 6.07 Å². The minimum absolute atomic E-state index is 0.120. The maximum absolute atomic E-state index is 13.2. The third kappa shape index (κ3) is 1.49. The van der Waals surface area contributed by atoms with Crippen LogP contribution < -0.4 is 4.74 Å². The molecule has 0 fully saturated rings. The zero-order valence-electron chi connectivity index (χ0n) is 6.85. The molecule has 0 unspecified atom stereocenters. The van der Waals surface area contributed by atoms with Crippen LogP contribution in [0.25, 0.3) is 0 Å². The minimum atomic E-state index is -0.323. The molecular weight excluding hydrogens is 195 g/mol. The fourth-order valence-electron chi connectivity index (χ4n) is 1.32. The molecule has 0 amide bonds. The number of ether oxygens (including phenoxy) is 2. The zero-order valence-corrected chi connectivity index (χ0v) is 7.60. The molecule has 4 heteroatoms. The van der Waals surface area contributed by atoms with Crippen LogP contribution in [0.4, 0.5) is 4.39 Å². The molecule has 0 radical (unpaired) electrons. The van der Waals surface area contributed by atoms with E-state index < -0.39 is 0 Å². The molecular formula is C9H8ClFO2. The van der Waals surface area contributed by atoms with Crippen LogP contribution >= 0.6 is 11.6 Å². The first-order chi connectivity index (χ1) is 6.33. The summed E-state index contributed by atoms with van der Waals surface area (Å²) in [6, 6.07) is 3.04. The van der Waals surface area contributed by atoms with E-state index in [-0.39, 0.29) is 18.5 Å². The molecule has 0 atom stereocenters. The van der Waals surface area contributed by atoms with E-state index in [9.17, 15) is 4.39 Å². The van der Waals surface area contributed by atoms with Crippen LogP contribution in [-0.2, 0) is 17.2 Å². The Hall–Kier alpha value is -0.800. The number of fused-ring (bicyclic) bond motifs is 1. The lowest BCUT2D eigenvalue weighted by Crippen LogP contribution is -2.13. The highest BCUT2D eigenvalue weighted by Crippen LogP contribution is 2.31. The first-order valence-corrected chi connectivity index (χ1v) is 4.43. The molecule has 1 aliphatic rings. The highest BCUT2D eigenvalue weighted by Gasteiger charge is 2.17. The summed E-state index contributed by atoms with van der Waals surface area (Å²) in [6.07, 6.45) is 0. The predicted molar refractivity (Wildman–Crippen MR) is 46.2 cm³/mol. The van der Waals surface area contributed by atoms with E-state index in [1.807, 2.05) is 0 Å². The average molecular weight is 203 g/mol. The van der Waals surface area contributed by atoms with E-state index in [1.165, 1.54) is 6.07 Å². The second-order valence-corrected chi connectivity index (χ2v) is 3.03. The van der Waals surface area contributed by atoms with Crippen LogP contribution in [0.2, 0.25) is 0 Å². The summed E-state index contributed by atoms with van der Waals surface area (Å²) < 4.78 is 23.4. The monoisotopic (exact) mass is 202 g/mol. The van der Waals surface area contributed by atoms with Crippen molar-refractivity contribution in [3.05, 3.63) is 29.1 Å². The van der Waals surface area contributed by atoms with Crippen LogP contribution in [0.1, 0.15) is 11.1 Å². The van der Waals surface area contributed by atoms with E-state index in [1.54, 1.807) is 6.07 Å². The Morgan fingerprint density at radius 2 is 2.31 bits per heavy atom. The Morgan fingerprint density at radius 3 is 3.08 bits per heavy atom. The predicted octanol–water partition coefficient (Wildman–Crippen LogP) is 2.43. The average Bonchev–Trinajstić information content (AvgIpc) is 2.18. The van der Waals surface area contributed by atoms with Gasteiger partial charge in [0.15, 0.2) is 6.79 Å². The maximum Gasteiger partial charge on any atom is 0.189 e. The molecule has 70 valence electrons. The minimum Gasteiger partial charge on any atom is -0.467 e. The number of hydrogen-bond donors (Lipinski definition) is 0. The Kier molecular flexibility index (Phi) is 2.38. The van der Waals surface area contributed by atoms with E-state index in [0.717, 1.165) is 5.56 Å². The Morgan fingerprint density at radius 1 is 1.46 bits per heavy atom. The number of alkyl halides is 1. The van der Waals surface area contributed by atoms with Crippen molar-refractivity contribution in [2.45, 2.75) is 12.5 Å². The second-order valence-electron chi connectivity index (χ2n) is 2.76. The van der Waals surface area contributed by atoms with Crippen molar-refractivity contribution in [1.82, 2.24) is 0 Å². The normalized spacial score (nSPS) is 14.9. The van der Waals surface area contributed by atoms with E-state index >= 15 is 0 Å². The van der Waals surface area contributed by atoms with Crippen molar-refractivity contribution < 1.29 is 13.9 Å². The Balaban J connectivity index is 2.52. The molecule has 0 aliphatic carbocycles. The molecule has 1 aromatic rings. The largest absolute Gasteiger partial charge is 0.467 e. The lowest BCUT2D eigenvalue weighted by molar-refractivity contribution is -0.0171. The third-order valence-electron chi connectivity index (χ3n) is 1.96. The van der Waals surface area contributed by atoms with Crippen molar-refractivity contribution in [3.63, 3.8) is 0 Å². The summed E-state index contributed by atoms with van der Waals surface area (Å²) in [7, 11) is 0. The quantitative estimate of drug-likeness (QED) is 0.652. The van der Waals surface area contributed by atoms with Crippen LogP contribution in [0, 0.1) is 5.82 Å². The third-order valence-corrected chi connectivity index (χ3v) is 2.23. The number of halogens is 2. The molecule has 0 saturated heterocycles. The van der Waals surface area contributed by atoms with Gasteiger partial charge in [0, 0.05) is 11.1 Å². The van der Waals surface area contributed by atoms with Crippen LogP contribution in [0.15, 0.2) is 12.1 Å².